The summed E-state index contributed by atoms with van der Waals surface area (Å²) in [4.78, 5) is 11.8. The highest BCUT2D eigenvalue weighted by Gasteiger charge is 2.54. The molecule has 16 atom stereocenters. The highest BCUT2D eigenvalue weighted by atomic mass is 16.7. The Kier molecular flexibility index (Phi) is 12.3. The third-order valence-corrected chi connectivity index (χ3v) is 13.4. The van der Waals surface area contributed by atoms with Crippen molar-refractivity contribution in [2.45, 2.75) is 203 Å². The van der Waals surface area contributed by atoms with Gasteiger partial charge in [-0.2, -0.15) is 0 Å². The molecule has 0 aliphatic carbocycles. The maximum atomic E-state index is 11.8. The Morgan fingerprint density at radius 1 is 0.981 bits per heavy atom. The van der Waals surface area contributed by atoms with Gasteiger partial charge in [-0.15, -0.1) is 0 Å². The molecule has 7 rings (SSSR count). The van der Waals surface area contributed by atoms with Crippen LogP contribution < -0.4 is 0 Å². The van der Waals surface area contributed by atoms with Gasteiger partial charge in [0.15, 0.2) is 11.6 Å². The fourth-order valence-corrected chi connectivity index (χ4v) is 10.3. The molecular formula is C43H66O11. The first-order valence-corrected chi connectivity index (χ1v) is 21.0. The van der Waals surface area contributed by atoms with E-state index in [9.17, 15) is 20.1 Å². The number of Topliss-reactive ketones (excluding diaryl/α,β-unsaturated/α-hetero) is 1. The van der Waals surface area contributed by atoms with Gasteiger partial charge in [0.2, 0.25) is 5.79 Å². The van der Waals surface area contributed by atoms with Crippen LogP contribution in [0.15, 0.2) is 36.0 Å². The smallest absolute Gasteiger partial charge is 0.215 e. The quantitative estimate of drug-likeness (QED) is 0.240. The molecule has 304 valence electrons. The first-order valence-electron chi connectivity index (χ1n) is 21.0. The van der Waals surface area contributed by atoms with E-state index in [0.717, 1.165) is 50.7 Å². The molecule has 7 heterocycles. The normalized spacial score (nSPS) is 46.1. The standard InChI is InChI=1S/C43H66O11/c1-25-21-35(52-43(24-25)36(46)12-11-32(51-43)23-29(5)44)26(2)9-10-31-14-18-42(50-31)19-15-34-40(54-42)37(47)30(6)39(49-34)33(45)22-28(4)38-27(3)13-17-41(53-38)16-7-8-20-48-41/h9-10,24,26-28,31-40,45-47H,6-8,11-23H2,1-5H3/b10-9+/t26-,27-,28?,31+,32-,33-,34-,35+,36+,37-,38+,39?,40+,41+,42-,43-/m1/s1. The number of aliphatic hydroxyl groups excluding tert-OH is 3. The number of hydrogen-bond acceptors (Lipinski definition) is 11. The van der Waals surface area contributed by atoms with Crippen molar-refractivity contribution in [3.05, 3.63) is 36.0 Å². The van der Waals surface area contributed by atoms with Gasteiger partial charge in [-0.05, 0) is 95.1 Å². The van der Waals surface area contributed by atoms with Crippen molar-refractivity contribution >= 4 is 5.78 Å². The molecule has 6 saturated heterocycles. The lowest BCUT2D eigenvalue weighted by Crippen LogP contribution is -2.60. The Hall–Kier alpha value is -1.51. The van der Waals surface area contributed by atoms with E-state index >= 15 is 0 Å². The monoisotopic (exact) mass is 758 g/mol. The van der Waals surface area contributed by atoms with Gasteiger partial charge in [0.1, 0.15) is 30.2 Å². The Labute approximate surface area is 321 Å². The van der Waals surface area contributed by atoms with E-state index in [-0.39, 0.29) is 48.1 Å². The third kappa shape index (κ3) is 8.52. The summed E-state index contributed by atoms with van der Waals surface area (Å²) in [5, 5.41) is 34.1. The highest BCUT2D eigenvalue weighted by Crippen LogP contribution is 2.47. The highest BCUT2D eigenvalue weighted by molar-refractivity contribution is 5.76. The zero-order valence-electron chi connectivity index (χ0n) is 33.2. The minimum absolute atomic E-state index is 0.00359. The van der Waals surface area contributed by atoms with E-state index in [0.29, 0.717) is 62.9 Å². The number of rotatable bonds is 9. The number of carbonyl (C=O) groups is 1. The maximum Gasteiger partial charge on any atom is 0.215 e. The lowest BCUT2D eigenvalue weighted by molar-refractivity contribution is -0.320. The van der Waals surface area contributed by atoms with Crippen molar-refractivity contribution in [3.8, 4) is 0 Å². The summed E-state index contributed by atoms with van der Waals surface area (Å²) in [6.07, 6.45) is 11.5. The number of ketones is 1. The molecule has 11 heteroatoms. The molecule has 0 aromatic rings. The fourth-order valence-electron chi connectivity index (χ4n) is 10.3. The molecule has 3 N–H and O–H groups in total. The van der Waals surface area contributed by atoms with Gasteiger partial charge in [0, 0.05) is 38.0 Å². The van der Waals surface area contributed by atoms with E-state index in [2.05, 4.69) is 39.5 Å². The molecule has 6 fully saturated rings. The van der Waals surface area contributed by atoms with Gasteiger partial charge in [-0.1, -0.05) is 45.1 Å². The van der Waals surface area contributed by atoms with Crippen LogP contribution in [0.5, 0.6) is 0 Å². The molecule has 54 heavy (non-hydrogen) atoms. The van der Waals surface area contributed by atoms with Crippen LogP contribution in [0, 0.1) is 17.8 Å². The number of aliphatic hydroxyl groups is 3. The molecule has 2 unspecified atom stereocenters. The summed E-state index contributed by atoms with van der Waals surface area (Å²) < 4.78 is 45.3. The average molecular weight is 759 g/mol. The predicted molar refractivity (Wildman–Crippen MR) is 200 cm³/mol. The predicted octanol–water partition coefficient (Wildman–Crippen LogP) is 5.97. The Morgan fingerprint density at radius 2 is 1.76 bits per heavy atom. The molecule has 0 aromatic carbocycles. The molecule has 7 aliphatic heterocycles. The molecule has 11 nitrogen and oxygen atoms in total. The second kappa shape index (κ2) is 16.4. The van der Waals surface area contributed by atoms with Crippen LogP contribution in [0.25, 0.3) is 0 Å². The van der Waals surface area contributed by atoms with E-state index < -0.39 is 47.9 Å². The van der Waals surface area contributed by atoms with Crippen LogP contribution in [0.1, 0.15) is 125 Å². The molecule has 0 aromatic heterocycles. The summed E-state index contributed by atoms with van der Waals surface area (Å²) >= 11 is 0. The maximum absolute atomic E-state index is 11.8. The van der Waals surface area contributed by atoms with Crippen LogP contribution in [0.4, 0.5) is 0 Å². The second-order valence-electron chi connectivity index (χ2n) is 18.0. The van der Waals surface area contributed by atoms with Crippen LogP contribution in [-0.4, -0.2) is 106 Å². The lowest BCUT2D eigenvalue weighted by Gasteiger charge is -2.50. The largest absolute Gasteiger partial charge is 0.390 e. The van der Waals surface area contributed by atoms with E-state index in [1.165, 1.54) is 0 Å². The van der Waals surface area contributed by atoms with Crippen molar-refractivity contribution in [2.75, 3.05) is 6.61 Å². The SMILES string of the molecule is C=C1C([C@H](O)CC(C)[C@H]2O[C@@]3(CCCCO3)CC[C@H]2C)O[C@@H]2CC[C@@]3(CC[C@H](/C=C/[C@@H](C)[C@@H]4CC(C)=C[C@@]5(O[C@@H](CC(C)=O)CC[C@@H]5O)O4)O3)O[C@@H]2[C@@H]1O. The lowest BCUT2D eigenvalue weighted by atomic mass is 9.79. The Morgan fingerprint density at radius 3 is 2.52 bits per heavy atom. The van der Waals surface area contributed by atoms with E-state index in [4.69, 9.17) is 33.2 Å². The summed E-state index contributed by atoms with van der Waals surface area (Å²) in [6.45, 7) is 15.0. The zero-order chi connectivity index (χ0) is 38.4. The first kappa shape index (κ1) is 40.7. The first-order chi connectivity index (χ1) is 25.7. The van der Waals surface area contributed by atoms with Crippen molar-refractivity contribution in [2.24, 2.45) is 17.8 Å². The minimum atomic E-state index is -1.25. The van der Waals surface area contributed by atoms with Gasteiger partial charge in [-0.25, -0.2) is 0 Å². The summed E-state index contributed by atoms with van der Waals surface area (Å²) in [6, 6.07) is 0. The van der Waals surface area contributed by atoms with Crippen LogP contribution in [0.3, 0.4) is 0 Å². The minimum Gasteiger partial charge on any atom is -0.390 e. The zero-order valence-corrected chi connectivity index (χ0v) is 33.2. The van der Waals surface area contributed by atoms with Crippen LogP contribution in [0.2, 0.25) is 0 Å². The van der Waals surface area contributed by atoms with Crippen molar-refractivity contribution in [1.82, 2.24) is 0 Å². The van der Waals surface area contributed by atoms with Crippen LogP contribution >= 0.6 is 0 Å². The molecule has 0 bridgehead atoms. The van der Waals surface area contributed by atoms with Crippen molar-refractivity contribution in [1.29, 1.82) is 0 Å². The Balaban J connectivity index is 0.921. The van der Waals surface area contributed by atoms with Gasteiger partial charge < -0.3 is 48.5 Å². The number of hydrogen-bond donors (Lipinski definition) is 3. The molecule has 3 spiro atoms. The summed E-state index contributed by atoms with van der Waals surface area (Å²) in [5.74, 6) is -2.08. The average Bonchev–Trinajstić information content (AvgIpc) is 3.53. The Bertz CT molecular complexity index is 1410. The summed E-state index contributed by atoms with van der Waals surface area (Å²) in [7, 11) is 0. The van der Waals surface area contributed by atoms with Crippen molar-refractivity contribution in [3.63, 3.8) is 0 Å². The summed E-state index contributed by atoms with van der Waals surface area (Å²) in [5.41, 5.74) is 1.53. The van der Waals surface area contributed by atoms with Crippen molar-refractivity contribution < 1.29 is 53.3 Å². The number of fused-ring (bicyclic) bond motifs is 1. The van der Waals surface area contributed by atoms with E-state index in [1.807, 2.05) is 13.0 Å². The van der Waals surface area contributed by atoms with Crippen LogP contribution in [-0.2, 0) is 38.0 Å². The fraction of sp³-hybridized carbons (Fsp3) is 0.837. The number of ether oxygens (including phenoxy) is 7. The van der Waals surface area contributed by atoms with Gasteiger partial charge in [0.25, 0.3) is 0 Å². The molecule has 7 aliphatic rings. The van der Waals surface area contributed by atoms with E-state index in [1.54, 1.807) is 6.92 Å². The second-order valence-corrected chi connectivity index (χ2v) is 18.0. The number of carbonyl (C=O) groups excluding carboxylic acids is 1. The molecule has 0 saturated carbocycles. The molecule has 0 radical (unpaired) electrons. The third-order valence-electron chi connectivity index (χ3n) is 13.4. The molecule has 0 amide bonds. The molecular weight excluding hydrogens is 692 g/mol. The van der Waals surface area contributed by atoms with Gasteiger partial charge in [0.05, 0.1) is 43.2 Å². The van der Waals surface area contributed by atoms with Gasteiger partial charge >= 0.3 is 0 Å². The topological polar surface area (TPSA) is 142 Å². The van der Waals surface area contributed by atoms with Gasteiger partial charge in [-0.3, -0.25) is 4.79 Å².